The van der Waals surface area contributed by atoms with Crippen molar-refractivity contribution in [1.29, 1.82) is 0 Å². The van der Waals surface area contributed by atoms with Crippen LogP contribution in [0, 0.1) is 5.92 Å². The molecule has 0 spiro atoms. The first-order valence-electron chi connectivity index (χ1n) is 9.88. The van der Waals surface area contributed by atoms with E-state index in [1.165, 1.54) is 12.8 Å². The lowest BCUT2D eigenvalue weighted by atomic mass is 10.1. The predicted octanol–water partition coefficient (Wildman–Crippen LogP) is 4.07. The first kappa shape index (κ1) is 18.9. The van der Waals surface area contributed by atoms with Gasteiger partial charge in [0.1, 0.15) is 6.04 Å². The summed E-state index contributed by atoms with van der Waals surface area (Å²) in [5, 5.41) is 16.0. The van der Waals surface area contributed by atoms with Crippen LogP contribution in [0.5, 0.6) is 0 Å². The maximum Gasteiger partial charge on any atom is 0.326 e. The molecule has 6 nitrogen and oxygen atoms in total. The van der Waals surface area contributed by atoms with Crippen molar-refractivity contribution >= 4 is 17.6 Å². The van der Waals surface area contributed by atoms with Crippen molar-refractivity contribution in [1.82, 2.24) is 9.97 Å². The number of aromatic nitrogens is 2. The summed E-state index contributed by atoms with van der Waals surface area (Å²) < 4.78 is 0. The van der Waals surface area contributed by atoms with E-state index < -0.39 is 12.0 Å². The second kappa shape index (κ2) is 8.73. The highest BCUT2D eigenvalue weighted by Gasteiger charge is 2.21. The van der Waals surface area contributed by atoms with E-state index in [0.717, 1.165) is 35.0 Å². The van der Waals surface area contributed by atoms with Gasteiger partial charge in [0.15, 0.2) is 0 Å². The molecule has 148 valence electrons. The summed E-state index contributed by atoms with van der Waals surface area (Å²) in [7, 11) is 0. The van der Waals surface area contributed by atoms with Crippen molar-refractivity contribution in [2.24, 2.45) is 5.92 Å². The highest BCUT2D eigenvalue weighted by atomic mass is 16.4. The number of nitrogens with zero attached hydrogens (tertiary/aromatic N) is 2. The molecule has 1 aliphatic carbocycles. The Morgan fingerprint density at radius 2 is 1.83 bits per heavy atom. The standard InChI is InChI=1S/C23H24N4O2/c28-22(29)21(14-16-4-2-1-3-5-16)27-23-24-13-12-20(26-23)18-8-10-19(11-9-18)25-15-17-6-7-17/h1-5,8-13,17,21,25H,6-7,14-15H2,(H,28,29)(H,24,26,27)/t21-/m0/s1. The average molecular weight is 388 g/mol. The molecule has 1 fully saturated rings. The number of benzene rings is 2. The molecule has 1 atom stereocenters. The van der Waals surface area contributed by atoms with E-state index in [4.69, 9.17) is 0 Å². The van der Waals surface area contributed by atoms with Gasteiger partial charge in [-0.3, -0.25) is 0 Å². The maximum absolute atomic E-state index is 11.7. The fraction of sp³-hybridized carbons (Fsp3) is 0.261. The van der Waals surface area contributed by atoms with E-state index in [9.17, 15) is 9.90 Å². The van der Waals surface area contributed by atoms with Crippen LogP contribution in [0.15, 0.2) is 66.9 Å². The van der Waals surface area contributed by atoms with Crippen LogP contribution < -0.4 is 10.6 Å². The molecular weight excluding hydrogens is 364 g/mol. The normalized spacial score (nSPS) is 14.2. The van der Waals surface area contributed by atoms with Crippen LogP contribution in [0.4, 0.5) is 11.6 Å². The minimum Gasteiger partial charge on any atom is -0.480 e. The molecule has 0 aliphatic heterocycles. The van der Waals surface area contributed by atoms with Crippen LogP contribution >= 0.6 is 0 Å². The van der Waals surface area contributed by atoms with E-state index in [2.05, 4.69) is 20.6 Å². The minimum atomic E-state index is -0.936. The lowest BCUT2D eigenvalue weighted by Crippen LogP contribution is -2.32. The van der Waals surface area contributed by atoms with Crippen LogP contribution in [-0.2, 0) is 11.2 Å². The minimum absolute atomic E-state index is 0.307. The zero-order valence-electron chi connectivity index (χ0n) is 16.1. The van der Waals surface area contributed by atoms with E-state index in [1.54, 1.807) is 6.20 Å². The summed E-state index contributed by atoms with van der Waals surface area (Å²) in [6.07, 6.45) is 4.64. The predicted molar refractivity (Wildman–Crippen MR) is 114 cm³/mol. The number of hydrogen-bond donors (Lipinski definition) is 3. The van der Waals surface area contributed by atoms with Gasteiger partial charge in [-0.05, 0) is 42.5 Å². The van der Waals surface area contributed by atoms with Crippen molar-refractivity contribution in [2.75, 3.05) is 17.2 Å². The summed E-state index contributed by atoms with van der Waals surface area (Å²) in [5.74, 6) is 0.193. The SMILES string of the molecule is O=C(O)[C@H](Cc1ccccc1)Nc1nccc(-c2ccc(NCC3CC3)cc2)n1. The van der Waals surface area contributed by atoms with E-state index in [1.807, 2.05) is 60.7 Å². The Morgan fingerprint density at radius 1 is 1.07 bits per heavy atom. The molecule has 1 saturated carbocycles. The number of nitrogens with one attached hydrogen (secondary N) is 2. The summed E-state index contributed by atoms with van der Waals surface area (Å²) in [4.78, 5) is 20.4. The zero-order chi connectivity index (χ0) is 20.1. The Balaban J connectivity index is 1.44. The third-order valence-electron chi connectivity index (χ3n) is 5.01. The Hall–Kier alpha value is -3.41. The number of rotatable bonds is 9. The third kappa shape index (κ3) is 5.31. The average Bonchev–Trinajstić information content (AvgIpc) is 3.58. The van der Waals surface area contributed by atoms with Crippen LogP contribution in [0.2, 0.25) is 0 Å². The molecule has 1 heterocycles. The quantitative estimate of drug-likeness (QED) is 0.512. The monoisotopic (exact) mass is 388 g/mol. The van der Waals surface area contributed by atoms with E-state index in [0.29, 0.717) is 12.4 Å². The first-order valence-corrected chi connectivity index (χ1v) is 9.88. The molecule has 6 heteroatoms. The van der Waals surface area contributed by atoms with Crippen LogP contribution in [-0.4, -0.2) is 33.6 Å². The van der Waals surface area contributed by atoms with Crippen molar-refractivity contribution in [3.8, 4) is 11.3 Å². The zero-order valence-corrected chi connectivity index (χ0v) is 16.1. The Bertz CT molecular complexity index is 956. The second-order valence-electron chi connectivity index (χ2n) is 7.39. The smallest absolute Gasteiger partial charge is 0.326 e. The Labute approximate surface area is 170 Å². The summed E-state index contributed by atoms with van der Waals surface area (Å²) in [6.45, 7) is 1.03. The van der Waals surface area contributed by atoms with E-state index in [-0.39, 0.29) is 0 Å². The second-order valence-corrected chi connectivity index (χ2v) is 7.39. The molecule has 0 radical (unpaired) electrons. The van der Waals surface area contributed by atoms with Crippen molar-refractivity contribution in [3.63, 3.8) is 0 Å². The van der Waals surface area contributed by atoms with Crippen molar-refractivity contribution < 1.29 is 9.90 Å². The fourth-order valence-corrected chi connectivity index (χ4v) is 3.14. The molecule has 0 bridgehead atoms. The topological polar surface area (TPSA) is 87.1 Å². The van der Waals surface area contributed by atoms with E-state index >= 15 is 0 Å². The van der Waals surface area contributed by atoms with Crippen molar-refractivity contribution in [2.45, 2.75) is 25.3 Å². The first-order chi connectivity index (χ1) is 14.2. The molecule has 0 unspecified atom stereocenters. The van der Waals surface area contributed by atoms with Gasteiger partial charge in [-0.2, -0.15) is 0 Å². The number of hydrogen-bond acceptors (Lipinski definition) is 5. The van der Waals surface area contributed by atoms with Gasteiger partial charge in [0.2, 0.25) is 5.95 Å². The molecule has 1 aliphatic rings. The Kier molecular flexibility index (Phi) is 5.70. The van der Waals surface area contributed by atoms with Gasteiger partial charge >= 0.3 is 5.97 Å². The summed E-state index contributed by atoms with van der Waals surface area (Å²) in [5.41, 5.74) is 3.75. The molecule has 0 saturated heterocycles. The van der Waals surface area contributed by atoms with Crippen LogP contribution in [0.1, 0.15) is 18.4 Å². The molecule has 4 rings (SSSR count). The number of carboxylic acids is 1. The number of aliphatic carboxylic acids is 1. The Morgan fingerprint density at radius 3 is 2.52 bits per heavy atom. The van der Waals surface area contributed by atoms with Gasteiger partial charge in [-0.15, -0.1) is 0 Å². The van der Waals surface area contributed by atoms with Gasteiger partial charge < -0.3 is 15.7 Å². The third-order valence-corrected chi connectivity index (χ3v) is 5.01. The van der Waals surface area contributed by atoms with Gasteiger partial charge in [0.25, 0.3) is 0 Å². The molecule has 3 aromatic rings. The lowest BCUT2D eigenvalue weighted by molar-refractivity contribution is -0.137. The van der Waals surface area contributed by atoms with Gasteiger partial charge in [0, 0.05) is 30.4 Å². The fourth-order valence-electron chi connectivity index (χ4n) is 3.14. The highest BCUT2D eigenvalue weighted by Crippen LogP contribution is 2.29. The van der Waals surface area contributed by atoms with Crippen molar-refractivity contribution in [3.05, 3.63) is 72.4 Å². The molecule has 1 aromatic heterocycles. The van der Waals surface area contributed by atoms with Gasteiger partial charge in [0.05, 0.1) is 5.69 Å². The molecular formula is C23H24N4O2. The van der Waals surface area contributed by atoms with Crippen LogP contribution in [0.25, 0.3) is 11.3 Å². The largest absolute Gasteiger partial charge is 0.480 e. The van der Waals surface area contributed by atoms with Gasteiger partial charge in [-0.1, -0.05) is 42.5 Å². The summed E-state index contributed by atoms with van der Waals surface area (Å²) >= 11 is 0. The molecule has 2 aromatic carbocycles. The molecule has 0 amide bonds. The molecule has 3 N–H and O–H groups in total. The lowest BCUT2D eigenvalue weighted by Gasteiger charge is -2.15. The molecule has 29 heavy (non-hydrogen) atoms. The number of carboxylic acid groups (broad SMARTS) is 1. The number of anilines is 2. The maximum atomic E-state index is 11.7. The number of carbonyl (C=O) groups is 1. The van der Waals surface area contributed by atoms with Gasteiger partial charge in [-0.25, -0.2) is 14.8 Å². The summed E-state index contributed by atoms with van der Waals surface area (Å²) in [6, 6.07) is 18.7. The van der Waals surface area contributed by atoms with Crippen LogP contribution in [0.3, 0.4) is 0 Å². The highest BCUT2D eigenvalue weighted by molar-refractivity contribution is 5.77.